The van der Waals surface area contributed by atoms with Gasteiger partial charge in [-0.1, -0.05) is 29.8 Å². The van der Waals surface area contributed by atoms with E-state index < -0.39 is 0 Å². The van der Waals surface area contributed by atoms with E-state index in [1.54, 1.807) is 24.5 Å². The first kappa shape index (κ1) is 15.2. The summed E-state index contributed by atoms with van der Waals surface area (Å²) in [6, 6.07) is 13.7. The summed E-state index contributed by atoms with van der Waals surface area (Å²) in [4.78, 5) is 1.13. The van der Waals surface area contributed by atoms with Crippen LogP contribution in [0.3, 0.4) is 0 Å². The van der Waals surface area contributed by atoms with Crippen LogP contribution < -0.4 is 9.30 Å². The molecule has 0 fully saturated rings. The van der Waals surface area contributed by atoms with Gasteiger partial charge in [-0.2, -0.15) is 4.57 Å². The zero-order chi connectivity index (χ0) is 16.7. The molecule has 0 amide bonds. The fraction of sp³-hybridized carbons (Fsp3) is 0.105. The van der Waals surface area contributed by atoms with Gasteiger partial charge in [-0.05, 0) is 23.6 Å². The first-order chi connectivity index (χ1) is 11.7. The van der Waals surface area contributed by atoms with Gasteiger partial charge in [0.05, 0.1) is 17.0 Å². The number of rotatable bonds is 3. The van der Waals surface area contributed by atoms with Crippen LogP contribution in [-0.4, -0.2) is 12.2 Å². The summed E-state index contributed by atoms with van der Waals surface area (Å²) in [5, 5.41) is 13.8. The molecule has 2 heterocycles. The van der Waals surface area contributed by atoms with Crippen LogP contribution in [0.25, 0.3) is 20.9 Å². The number of ether oxygens (including phenoxy) is 1. The molecule has 0 bridgehead atoms. The largest absolute Gasteiger partial charge is 0.504 e. The van der Waals surface area contributed by atoms with E-state index in [9.17, 15) is 5.11 Å². The van der Waals surface area contributed by atoms with Gasteiger partial charge in [0.15, 0.2) is 30.4 Å². The van der Waals surface area contributed by atoms with E-state index in [1.165, 1.54) is 4.70 Å². The third-order valence-corrected chi connectivity index (χ3v) is 5.76. The van der Waals surface area contributed by atoms with Crippen molar-refractivity contribution in [1.82, 2.24) is 0 Å². The van der Waals surface area contributed by atoms with Crippen LogP contribution in [0.15, 0.2) is 54.9 Å². The highest BCUT2D eigenvalue weighted by molar-refractivity contribution is 7.19. The maximum absolute atomic E-state index is 9.88. The van der Waals surface area contributed by atoms with Crippen molar-refractivity contribution in [2.75, 3.05) is 7.11 Å². The van der Waals surface area contributed by atoms with Crippen LogP contribution in [0.1, 0.15) is 4.88 Å². The van der Waals surface area contributed by atoms with E-state index in [2.05, 4.69) is 16.7 Å². The second kappa shape index (κ2) is 5.96. The summed E-state index contributed by atoms with van der Waals surface area (Å²) < 4.78 is 8.48. The third-order valence-electron chi connectivity index (χ3n) is 4.06. The highest BCUT2D eigenvalue weighted by Crippen LogP contribution is 2.35. The number of nitrogens with zero attached hydrogens (tertiary/aromatic N) is 1. The second-order valence-electron chi connectivity index (χ2n) is 5.61. The highest BCUT2D eigenvalue weighted by Gasteiger charge is 2.15. The quantitative estimate of drug-likeness (QED) is 0.537. The maximum Gasteiger partial charge on any atom is 0.184 e. The van der Waals surface area contributed by atoms with Crippen LogP contribution in [0.2, 0.25) is 5.02 Å². The molecule has 0 radical (unpaired) electrons. The van der Waals surface area contributed by atoms with E-state index in [0.717, 1.165) is 26.1 Å². The Bertz CT molecular complexity index is 1060. The zero-order valence-electron chi connectivity index (χ0n) is 13.0. The summed E-state index contributed by atoms with van der Waals surface area (Å²) in [6.45, 7) is 0.706. The van der Waals surface area contributed by atoms with Gasteiger partial charge >= 0.3 is 0 Å². The standard InChI is InChI=1S/C19H14ClNO2S/c1-23-16-9-13-10-21(7-6-12(13)8-15(16)22)11-18-19(20)14-4-2-3-5-17(14)24-18/h2-10H,11H2,1H3/p+1. The fourth-order valence-corrected chi connectivity index (χ4v) is 4.35. The van der Waals surface area contributed by atoms with Crippen LogP contribution in [-0.2, 0) is 6.54 Å². The summed E-state index contributed by atoms with van der Waals surface area (Å²) in [5.74, 6) is 0.621. The highest BCUT2D eigenvalue weighted by atomic mass is 35.5. The molecule has 1 N–H and O–H groups in total. The Labute approximate surface area is 148 Å². The minimum absolute atomic E-state index is 0.148. The lowest BCUT2D eigenvalue weighted by Crippen LogP contribution is -2.32. The van der Waals surface area contributed by atoms with Crippen molar-refractivity contribution >= 4 is 43.8 Å². The number of methoxy groups -OCH3 is 1. The third kappa shape index (κ3) is 2.58. The summed E-state index contributed by atoms with van der Waals surface area (Å²) >= 11 is 8.25. The van der Waals surface area contributed by atoms with E-state index in [4.69, 9.17) is 16.3 Å². The predicted octanol–water partition coefficient (Wildman–Crippen LogP) is 4.76. The molecule has 24 heavy (non-hydrogen) atoms. The molecule has 0 saturated heterocycles. The van der Waals surface area contributed by atoms with Gasteiger partial charge in [-0.25, -0.2) is 0 Å². The lowest BCUT2D eigenvalue weighted by molar-refractivity contribution is -0.686. The predicted molar refractivity (Wildman–Crippen MR) is 98.3 cm³/mol. The number of benzene rings is 2. The molecular weight excluding hydrogens is 342 g/mol. The van der Waals surface area contributed by atoms with Crippen LogP contribution in [0, 0.1) is 0 Å². The molecular formula is C19H15ClNO2S+. The average Bonchev–Trinajstić information content (AvgIpc) is 2.91. The van der Waals surface area contributed by atoms with E-state index in [1.807, 2.05) is 36.7 Å². The Hall–Kier alpha value is -2.30. The van der Waals surface area contributed by atoms with E-state index >= 15 is 0 Å². The van der Waals surface area contributed by atoms with Gasteiger partial charge in [0.2, 0.25) is 0 Å². The van der Waals surface area contributed by atoms with Crippen LogP contribution in [0.4, 0.5) is 0 Å². The van der Waals surface area contributed by atoms with Gasteiger partial charge < -0.3 is 9.84 Å². The number of aromatic nitrogens is 1. The Morgan fingerprint density at radius 3 is 2.79 bits per heavy atom. The molecule has 2 aromatic heterocycles. The number of pyridine rings is 1. The molecule has 0 unspecified atom stereocenters. The maximum atomic E-state index is 9.88. The van der Waals surface area contributed by atoms with Crippen LogP contribution in [0.5, 0.6) is 11.5 Å². The van der Waals surface area contributed by atoms with Gasteiger partial charge in [-0.3, -0.25) is 0 Å². The fourth-order valence-electron chi connectivity index (χ4n) is 2.85. The first-order valence-electron chi connectivity index (χ1n) is 7.51. The Balaban J connectivity index is 1.75. The van der Waals surface area contributed by atoms with Gasteiger partial charge in [0, 0.05) is 21.5 Å². The lowest BCUT2D eigenvalue weighted by Gasteiger charge is -2.05. The van der Waals surface area contributed by atoms with Gasteiger partial charge in [0.1, 0.15) is 0 Å². The van der Waals surface area contributed by atoms with Crippen molar-refractivity contribution in [3.05, 3.63) is 64.8 Å². The smallest absolute Gasteiger partial charge is 0.184 e. The van der Waals surface area contributed by atoms with E-state index in [0.29, 0.717) is 12.3 Å². The molecule has 4 aromatic rings. The molecule has 120 valence electrons. The van der Waals surface area contributed by atoms with Crippen molar-refractivity contribution < 1.29 is 14.4 Å². The average molecular weight is 357 g/mol. The Morgan fingerprint density at radius 1 is 1.17 bits per heavy atom. The number of aromatic hydroxyl groups is 1. The van der Waals surface area contributed by atoms with Gasteiger partial charge in [0.25, 0.3) is 0 Å². The SMILES string of the molecule is COc1cc2c[n+](Cc3sc4ccccc4c3Cl)ccc2cc1O. The molecule has 5 heteroatoms. The topological polar surface area (TPSA) is 33.3 Å². The molecule has 0 aliphatic rings. The number of halogens is 1. The van der Waals surface area contributed by atoms with Crippen molar-refractivity contribution in [3.8, 4) is 11.5 Å². The molecule has 0 aliphatic carbocycles. The van der Waals surface area contributed by atoms with Crippen molar-refractivity contribution in [2.45, 2.75) is 6.54 Å². The molecule has 0 spiro atoms. The Morgan fingerprint density at radius 2 is 2.00 bits per heavy atom. The van der Waals surface area contributed by atoms with E-state index in [-0.39, 0.29) is 5.75 Å². The van der Waals surface area contributed by atoms with Crippen molar-refractivity contribution in [2.24, 2.45) is 0 Å². The number of hydrogen-bond acceptors (Lipinski definition) is 3. The number of thiophene rings is 1. The number of phenols is 1. The van der Waals surface area contributed by atoms with Crippen LogP contribution >= 0.6 is 22.9 Å². The molecule has 0 aliphatic heterocycles. The normalized spacial score (nSPS) is 11.2. The van der Waals surface area contributed by atoms with Gasteiger partial charge in [-0.15, -0.1) is 11.3 Å². The first-order valence-corrected chi connectivity index (χ1v) is 8.71. The summed E-state index contributed by atoms with van der Waals surface area (Å²) in [7, 11) is 1.55. The summed E-state index contributed by atoms with van der Waals surface area (Å²) in [5.41, 5.74) is 0. The molecule has 2 aromatic carbocycles. The monoisotopic (exact) mass is 356 g/mol. The Kier molecular flexibility index (Phi) is 3.79. The van der Waals surface area contributed by atoms with Crippen molar-refractivity contribution in [1.29, 1.82) is 0 Å². The van der Waals surface area contributed by atoms with Crippen molar-refractivity contribution in [3.63, 3.8) is 0 Å². The minimum atomic E-state index is 0.148. The molecule has 3 nitrogen and oxygen atoms in total. The summed E-state index contributed by atoms with van der Waals surface area (Å²) in [6.07, 6.45) is 4.03. The second-order valence-corrected chi connectivity index (χ2v) is 7.12. The number of fused-ring (bicyclic) bond motifs is 2. The molecule has 4 rings (SSSR count). The molecule has 0 saturated carbocycles. The molecule has 0 atom stereocenters. The zero-order valence-corrected chi connectivity index (χ0v) is 14.6. The number of hydrogen-bond donors (Lipinski definition) is 1. The number of phenolic OH excluding ortho intramolecular Hbond substituents is 1. The lowest BCUT2D eigenvalue weighted by atomic mass is 10.1. The minimum Gasteiger partial charge on any atom is -0.504 e.